The van der Waals surface area contributed by atoms with Gasteiger partial charge in [0.2, 0.25) is 5.91 Å². The monoisotopic (exact) mass is 322 g/mol. The van der Waals surface area contributed by atoms with Crippen molar-refractivity contribution in [2.45, 2.75) is 26.4 Å². The molecule has 21 heavy (non-hydrogen) atoms. The molecule has 0 aromatic carbocycles. The molecule has 0 saturated carbocycles. The normalized spacial score (nSPS) is 10.5. The summed E-state index contributed by atoms with van der Waals surface area (Å²) in [7, 11) is 0. The third-order valence-corrected chi connectivity index (χ3v) is 4.90. The minimum atomic E-state index is -0.00572. The van der Waals surface area contributed by atoms with E-state index < -0.39 is 0 Å². The van der Waals surface area contributed by atoms with Crippen molar-refractivity contribution in [2.24, 2.45) is 0 Å². The molecule has 112 valence electrons. The van der Waals surface area contributed by atoms with E-state index >= 15 is 0 Å². The third kappa shape index (κ3) is 4.15. The summed E-state index contributed by atoms with van der Waals surface area (Å²) in [6.07, 6.45) is 2.06. The van der Waals surface area contributed by atoms with Crippen LogP contribution in [0.4, 0.5) is 0 Å². The minimum absolute atomic E-state index is 0.00572. The second-order valence-electron chi connectivity index (χ2n) is 4.69. The van der Waals surface area contributed by atoms with Crippen molar-refractivity contribution in [1.29, 1.82) is 0 Å². The van der Waals surface area contributed by atoms with Crippen LogP contribution < -0.4 is 4.87 Å². The first kappa shape index (κ1) is 15.7. The topological polar surface area (TPSA) is 42.3 Å². The summed E-state index contributed by atoms with van der Waals surface area (Å²) in [5, 5.41) is 3.82. The molecule has 0 bridgehead atoms. The lowest BCUT2D eigenvalue weighted by molar-refractivity contribution is -0.131. The van der Waals surface area contributed by atoms with Crippen molar-refractivity contribution < 1.29 is 4.79 Å². The zero-order valence-electron chi connectivity index (χ0n) is 11.9. The maximum Gasteiger partial charge on any atom is 0.307 e. The maximum atomic E-state index is 12.3. The first-order chi connectivity index (χ1) is 10.1. The molecule has 0 N–H and O–H groups in total. The molecule has 2 rings (SSSR count). The van der Waals surface area contributed by atoms with Crippen molar-refractivity contribution in [1.82, 2.24) is 9.47 Å². The van der Waals surface area contributed by atoms with Crippen molar-refractivity contribution in [3.63, 3.8) is 0 Å². The predicted molar refractivity (Wildman–Crippen MR) is 87.9 cm³/mol. The highest BCUT2D eigenvalue weighted by Crippen LogP contribution is 2.13. The highest BCUT2D eigenvalue weighted by molar-refractivity contribution is 7.09. The quantitative estimate of drug-likeness (QED) is 0.736. The summed E-state index contributed by atoms with van der Waals surface area (Å²) in [6, 6.07) is 3.99. The first-order valence-corrected chi connectivity index (χ1v) is 8.43. The fourth-order valence-electron chi connectivity index (χ4n) is 2.04. The van der Waals surface area contributed by atoms with E-state index in [2.05, 4.69) is 6.58 Å². The second-order valence-corrected chi connectivity index (χ2v) is 6.54. The molecular weight excluding hydrogens is 304 g/mol. The number of aryl methyl sites for hydroxylation is 1. The second kappa shape index (κ2) is 7.38. The van der Waals surface area contributed by atoms with Gasteiger partial charge < -0.3 is 9.47 Å². The molecule has 0 fully saturated rings. The van der Waals surface area contributed by atoms with E-state index in [0.717, 1.165) is 10.6 Å². The largest absolute Gasteiger partial charge is 0.334 e. The van der Waals surface area contributed by atoms with Crippen molar-refractivity contribution in [3.05, 3.63) is 55.8 Å². The summed E-state index contributed by atoms with van der Waals surface area (Å²) in [5.41, 5.74) is 0.909. The molecule has 0 unspecified atom stereocenters. The van der Waals surface area contributed by atoms with E-state index in [4.69, 9.17) is 0 Å². The van der Waals surface area contributed by atoms with Gasteiger partial charge in [0.1, 0.15) is 0 Å². The van der Waals surface area contributed by atoms with Crippen LogP contribution in [-0.4, -0.2) is 21.9 Å². The van der Waals surface area contributed by atoms with Crippen LogP contribution in [0.3, 0.4) is 0 Å². The van der Waals surface area contributed by atoms with Gasteiger partial charge >= 0.3 is 4.87 Å². The highest BCUT2D eigenvalue weighted by atomic mass is 32.1. The number of hydrogen-bond acceptors (Lipinski definition) is 4. The number of carbonyl (C=O) groups excluding carboxylic acids is 1. The number of carbonyl (C=O) groups is 1. The van der Waals surface area contributed by atoms with Gasteiger partial charge in [-0.05, 0) is 18.4 Å². The number of amides is 1. The number of thiophene rings is 1. The van der Waals surface area contributed by atoms with E-state index in [1.165, 1.54) is 11.3 Å². The summed E-state index contributed by atoms with van der Waals surface area (Å²) in [6.45, 7) is 7.15. The van der Waals surface area contributed by atoms with Gasteiger partial charge in [0, 0.05) is 35.5 Å². The van der Waals surface area contributed by atoms with Gasteiger partial charge in [-0.2, -0.15) is 0 Å². The Hall–Kier alpha value is -1.66. The van der Waals surface area contributed by atoms with E-state index in [0.29, 0.717) is 26.1 Å². The smallest absolute Gasteiger partial charge is 0.307 e. The molecule has 0 aliphatic heterocycles. The molecule has 0 atom stereocenters. The maximum absolute atomic E-state index is 12.3. The fraction of sp³-hybridized carbons (Fsp3) is 0.333. The van der Waals surface area contributed by atoms with Crippen LogP contribution in [0.2, 0.25) is 0 Å². The Balaban J connectivity index is 1.98. The van der Waals surface area contributed by atoms with E-state index in [1.54, 1.807) is 26.9 Å². The lowest BCUT2D eigenvalue weighted by Gasteiger charge is -2.20. The minimum Gasteiger partial charge on any atom is -0.334 e. The molecule has 0 saturated heterocycles. The number of aromatic nitrogens is 1. The predicted octanol–water partition coefficient (Wildman–Crippen LogP) is 2.88. The highest BCUT2D eigenvalue weighted by Gasteiger charge is 2.14. The van der Waals surface area contributed by atoms with Crippen molar-refractivity contribution >= 4 is 28.6 Å². The van der Waals surface area contributed by atoms with E-state index in [1.807, 2.05) is 29.8 Å². The van der Waals surface area contributed by atoms with Crippen LogP contribution in [-0.2, 0) is 17.9 Å². The Morgan fingerprint density at radius 1 is 1.48 bits per heavy atom. The molecule has 2 aromatic rings. The lowest BCUT2D eigenvalue weighted by atomic mass is 10.3. The van der Waals surface area contributed by atoms with Gasteiger partial charge in [-0.15, -0.1) is 17.9 Å². The molecule has 0 spiro atoms. The Morgan fingerprint density at radius 3 is 2.86 bits per heavy atom. The Labute approximate surface area is 132 Å². The summed E-state index contributed by atoms with van der Waals surface area (Å²) in [4.78, 5) is 26.9. The van der Waals surface area contributed by atoms with Gasteiger partial charge in [-0.3, -0.25) is 9.59 Å². The molecular formula is C15H18N2O2S2. The Kier molecular flexibility index (Phi) is 5.52. The van der Waals surface area contributed by atoms with Crippen LogP contribution in [0.5, 0.6) is 0 Å². The van der Waals surface area contributed by atoms with Crippen LogP contribution in [0, 0.1) is 6.92 Å². The van der Waals surface area contributed by atoms with Gasteiger partial charge in [-0.1, -0.05) is 23.5 Å². The van der Waals surface area contributed by atoms with Gasteiger partial charge in [0.25, 0.3) is 0 Å². The van der Waals surface area contributed by atoms with Crippen LogP contribution in [0.1, 0.15) is 17.0 Å². The molecule has 2 aromatic heterocycles. The summed E-state index contributed by atoms with van der Waals surface area (Å²) in [5.74, 6) is 0.0424. The van der Waals surface area contributed by atoms with Crippen LogP contribution in [0.25, 0.3) is 0 Å². The van der Waals surface area contributed by atoms with Gasteiger partial charge in [0.15, 0.2) is 0 Å². The lowest BCUT2D eigenvalue weighted by Crippen LogP contribution is -2.31. The zero-order valence-corrected chi connectivity index (χ0v) is 13.6. The molecule has 1 amide bonds. The Bertz CT molecular complexity index is 656. The van der Waals surface area contributed by atoms with Crippen molar-refractivity contribution in [2.75, 3.05) is 6.54 Å². The van der Waals surface area contributed by atoms with Gasteiger partial charge in [-0.25, -0.2) is 0 Å². The zero-order chi connectivity index (χ0) is 15.2. The number of thiazole rings is 1. The van der Waals surface area contributed by atoms with Crippen LogP contribution in [0.15, 0.2) is 40.3 Å². The van der Waals surface area contributed by atoms with E-state index in [-0.39, 0.29) is 10.8 Å². The molecule has 0 aliphatic rings. The number of nitrogens with zero attached hydrogens (tertiary/aromatic N) is 2. The number of rotatable bonds is 7. The average molecular weight is 322 g/mol. The molecule has 0 radical (unpaired) electrons. The first-order valence-electron chi connectivity index (χ1n) is 6.68. The summed E-state index contributed by atoms with van der Waals surface area (Å²) < 4.78 is 1.65. The molecule has 4 nitrogen and oxygen atoms in total. The molecule has 6 heteroatoms. The number of hydrogen-bond donors (Lipinski definition) is 0. The van der Waals surface area contributed by atoms with Gasteiger partial charge in [0.05, 0.1) is 6.54 Å². The fourth-order valence-corrected chi connectivity index (χ4v) is 3.52. The van der Waals surface area contributed by atoms with Crippen LogP contribution >= 0.6 is 22.7 Å². The van der Waals surface area contributed by atoms with E-state index in [9.17, 15) is 9.59 Å². The SMILES string of the molecule is C=CCN(Cc1cccs1)C(=O)CCn1c(C)csc1=O. The summed E-state index contributed by atoms with van der Waals surface area (Å²) >= 11 is 2.81. The molecule has 2 heterocycles. The third-order valence-electron chi connectivity index (χ3n) is 3.15. The standard InChI is InChI=1S/C15H18N2O2S2/c1-3-7-16(10-13-5-4-9-20-13)14(18)6-8-17-12(2)11-21-15(17)19/h3-5,9,11H,1,6-8,10H2,2H3. The van der Waals surface area contributed by atoms with Crippen molar-refractivity contribution in [3.8, 4) is 0 Å². The average Bonchev–Trinajstić information content (AvgIpc) is 3.07. The molecule has 0 aliphatic carbocycles. The Morgan fingerprint density at radius 2 is 2.29 bits per heavy atom.